The molecule has 88 valence electrons. The van der Waals surface area contributed by atoms with Gasteiger partial charge in [-0.25, -0.2) is 0 Å². The zero-order valence-electron chi connectivity index (χ0n) is 9.21. The summed E-state index contributed by atoms with van der Waals surface area (Å²) in [5.41, 5.74) is -0.656. The van der Waals surface area contributed by atoms with Crippen LogP contribution in [0.1, 0.15) is 19.8 Å². The van der Waals surface area contributed by atoms with Crippen LogP contribution in [0.4, 0.5) is 0 Å². The van der Waals surface area contributed by atoms with Gasteiger partial charge in [0.15, 0.2) is 0 Å². The largest absolute Gasteiger partial charge is 0.480 e. The first-order valence-corrected chi connectivity index (χ1v) is 6.63. The van der Waals surface area contributed by atoms with Gasteiger partial charge in [0.05, 0.1) is 0 Å². The predicted molar refractivity (Wildman–Crippen MR) is 63.5 cm³/mol. The van der Waals surface area contributed by atoms with Gasteiger partial charge in [-0.05, 0) is 38.2 Å². The van der Waals surface area contributed by atoms with Crippen molar-refractivity contribution in [2.75, 3.05) is 31.1 Å². The van der Waals surface area contributed by atoms with Crippen LogP contribution in [0.3, 0.4) is 0 Å². The number of rotatable bonds is 7. The van der Waals surface area contributed by atoms with Gasteiger partial charge in [0.25, 0.3) is 0 Å². The second kappa shape index (κ2) is 6.35. The first-order chi connectivity index (χ1) is 7.21. The second-order valence-corrected chi connectivity index (χ2v) is 4.93. The van der Waals surface area contributed by atoms with Gasteiger partial charge in [0, 0.05) is 5.75 Å². The lowest BCUT2D eigenvalue weighted by Crippen LogP contribution is -2.52. The molecule has 1 heterocycles. The van der Waals surface area contributed by atoms with Crippen LogP contribution >= 0.6 is 11.8 Å². The van der Waals surface area contributed by atoms with E-state index in [-0.39, 0.29) is 0 Å². The molecule has 1 rings (SSSR count). The van der Waals surface area contributed by atoms with Crippen molar-refractivity contribution >= 4 is 17.7 Å². The van der Waals surface area contributed by atoms with Crippen molar-refractivity contribution in [3.8, 4) is 0 Å². The van der Waals surface area contributed by atoms with E-state index in [2.05, 4.69) is 17.6 Å². The SMILES string of the molecule is CCNCCCNC1(C(=O)O)CCSC1. The Labute approximate surface area is 95.2 Å². The molecule has 0 saturated carbocycles. The van der Waals surface area contributed by atoms with Gasteiger partial charge in [-0.1, -0.05) is 6.92 Å². The highest BCUT2D eigenvalue weighted by atomic mass is 32.2. The van der Waals surface area contributed by atoms with Gasteiger partial charge >= 0.3 is 5.97 Å². The molecule has 0 aromatic rings. The van der Waals surface area contributed by atoms with Crippen LogP contribution in [-0.2, 0) is 4.79 Å². The van der Waals surface area contributed by atoms with Gasteiger partial charge in [-0.15, -0.1) is 0 Å². The molecule has 0 amide bonds. The third-order valence-electron chi connectivity index (χ3n) is 2.67. The summed E-state index contributed by atoms with van der Waals surface area (Å²) in [5, 5.41) is 15.6. The van der Waals surface area contributed by atoms with Crippen molar-refractivity contribution < 1.29 is 9.90 Å². The number of carbonyl (C=O) groups is 1. The predicted octanol–water partition coefficient (Wildman–Crippen LogP) is 0.536. The van der Waals surface area contributed by atoms with Gasteiger partial charge in [-0.3, -0.25) is 4.79 Å². The normalized spacial score (nSPS) is 25.7. The molecule has 1 fully saturated rings. The first kappa shape index (κ1) is 12.8. The molecule has 0 radical (unpaired) electrons. The van der Waals surface area contributed by atoms with E-state index in [9.17, 15) is 9.90 Å². The number of thioether (sulfide) groups is 1. The van der Waals surface area contributed by atoms with Gasteiger partial charge in [0.1, 0.15) is 5.54 Å². The summed E-state index contributed by atoms with van der Waals surface area (Å²) in [7, 11) is 0. The second-order valence-electron chi connectivity index (χ2n) is 3.82. The highest BCUT2D eigenvalue weighted by Gasteiger charge is 2.41. The topological polar surface area (TPSA) is 61.4 Å². The molecular weight excluding hydrogens is 212 g/mol. The summed E-state index contributed by atoms with van der Waals surface area (Å²) in [5.74, 6) is 0.951. The van der Waals surface area contributed by atoms with Crippen LogP contribution in [0, 0.1) is 0 Å². The highest BCUT2D eigenvalue weighted by Crippen LogP contribution is 2.28. The van der Waals surface area contributed by atoms with E-state index in [1.54, 1.807) is 11.8 Å². The quantitative estimate of drug-likeness (QED) is 0.559. The lowest BCUT2D eigenvalue weighted by atomic mass is 9.99. The van der Waals surface area contributed by atoms with Crippen molar-refractivity contribution in [1.29, 1.82) is 0 Å². The Morgan fingerprint density at radius 1 is 1.53 bits per heavy atom. The van der Waals surface area contributed by atoms with Crippen molar-refractivity contribution in [3.05, 3.63) is 0 Å². The Bertz CT molecular complexity index is 206. The first-order valence-electron chi connectivity index (χ1n) is 5.48. The molecule has 0 aromatic heterocycles. The van der Waals surface area contributed by atoms with Crippen molar-refractivity contribution in [3.63, 3.8) is 0 Å². The standard InChI is InChI=1S/C10H20N2O2S/c1-2-11-5-3-6-12-10(9(13)14)4-7-15-8-10/h11-12H,2-8H2,1H3,(H,13,14). The summed E-state index contributed by atoms with van der Waals surface area (Å²) in [6.07, 6.45) is 1.72. The van der Waals surface area contributed by atoms with Crippen LogP contribution < -0.4 is 10.6 Å². The van der Waals surface area contributed by atoms with E-state index >= 15 is 0 Å². The Balaban J connectivity index is 2.24. The molecule has 0 spiro atoms. The van der Waals surface area contributed by atoms with Crippen molar-refractivity contribution in [1.82, 2.24) is 10.6 Å². The Kier molecular flexibility index (Phi) is 5.42. The van der Waals surface area contributed by atoms with Gasteiger partial charge in [-0.2, -0.15) is 11.8 Å². The van der Waals surface area contributed by atoms with E-state index in [4.69, 9.17) is 0 Å². The van der Waals surface area contributed by atoms with Crippen LogP contribution in [0.25, 0.3) is 0 Å². The Morgan fingerprint density at radius 2 is 2.33 bits per heavy atom. The molecule has 5 heteroatoms. The molecule has 15 heavy (non-hydrogen) atoms. The van der Waals surface area contributed by atoms with Crippen LogP contribution in [0.5, 0.6) is 0 Å². The number of carboxylic acid groups (broad SMARTS) is 1. The summed E-state index contributed by atoms with van der Waals surface area (Å²) in [6.45, 7) is 4.77. The number of nitrogens with one attached hydrogen (secondary N) is 2. The molecule has 0 aliphatic carbocycles. The molecule has 3 N–H and O–H groups in total. The zero-order chi connectivity index (χ0) is 11.1. The molecule has 1 saturated heterocycles. The summed E-state index contributed by atoms with van der Waals surface area (Å²) >= 11 is 1.72. The minimum atomic E-state index is -0.698. The summed E-state index contributed by atoms with van der Waals surface area (Å²) in [6, 6.07) is 0. The fourth-order valence-corrected chi connectivity index (χ4v) is 3.02. The maximum atomic E-state index is 11.2. The van der Waals surface area contributed by atoms with Gasteiger partial charge < -0.3 is 15.7 Å². The zero-order valence-corrected chi connectivity index (χ0v) is 10.0. The molecule has 1 atom stereocenters. The van der Waals surface area contributed by atoms with Crippen molar-refractivity contribution in [2.45, 2.75) is 25.3 Å². The fourth-order valence-electron chi connectivity index (χ4n) is 1.67. The minimum Gasteiger partial charge on any atom is -0.480 e. The number of hydrogen-bond donors (Lipinski definition) is 3. The molecule has 1 unspecified atom stereocenters. The smallest absolute Gasteiger partial charge is 0.324 e. The molecular formula is C10H20N2O2S. The molecule has 1 aliphatic heterocycles. The average molecular weight is 232 g/mol. The number of carboxylic acids is 1. The van der Waals surface area contributed by atoms with E-state index in [0.717, 1.165) is 38.2 Å². The van der Waals surface area contributed by atoms with Gasteiger partial charge in [0.2, 0.25) is 0 Å². The number of hydrogen-bond acceptors (Lipinski definition) is 4. The molecule has 0 bridgehead atoms. The lowest BCUT2D eigenvalue weighted by molar-refractivity contribution is -0.143. The van der Waals surface area contributed by atoms with Crippen LogP contribution in [0.2, 0.25) is 0 Å². The Hall–Kier alpha value is -0.260. The van der Waals surface area contributed by atoms with Crippen molar-refractivity contribution in [2.24, 2.45) is 0 Å². The highest BCUT2D eigenvalue weighted by molar-refractivity contribution is 7.99. The molecule has 4 nitrogen and oxygen atoms in total. The summed E-state index contributed by atoms with van der Waals surface area (Å²) < 4.78 is 0. The molecule has 1 aliphatic rings. The fraction of sp³-hybridized carbons (Fsp3) is 0.900. The number of aliphatic carboxylic acids is 1. The van der Waals surface area contributed by atoms with E-state index < -0.39 is 11.5 Å². The summed E-state index contributed by atoms with van der Waals surface area (Å²) in [4.78, 5) is 11.2. The van der Waals surface area contributed by atoms with Crippen LogP contribution in [0.15, 0.2) is 0 Å². The third kappa shape index (κ3) is 3.66. The maximum absolute atomic E-state index is 11.2. The average Bonchev–Trinajstić information content (AvgIpc) is 2.67. The third-order valence-corrected chi connectivity index (χ3v) is 3.86. The van der Waals surface area contributed by atoms with E-state index in [1.165, 1.54) is 0 Å². The lowest BCUT2D eigenvalue weighted by Gasteiger charge is -2.24. The van der Waals surface area contributed by atoms with Crippen LogP contribution in [-0.4, -0.2) is 47.8 Å². The molecule has 0 aromatic carbocycles. The minimum absolute atomic E-state index is 0.656. The maximum Gasteiger partial charge on any atom is 0.324 e. The Morgan fingerprint density at radius 3 is 2.87 bits per heavy atom. The van der Waals surface area contributed by atoms with E-state index in [1.807, 2.05) is 0 Å². The van der Waals surface area contributed by atoms with E-state index in [0.29, 0.717) is 5.75 Å². The monoisotopic (exact) mass is 232 g/mol.